The van der Waals surface area contributed by atoms with Crippen LogP contribution < -0.4 is 5.32 Å². The Labute approximate surface area is 98.1 Å². The molecule has 1 atom stereocenters. The lowest BCUT2D eigenvalue weighted by molar-refractivity contribution is -0.173. The van der Waals surface area contributed by atoms with Crippen molar-refractivity contribution in [2.45, 2.75) is 13.1 Å². The molecule has 0 aromatic rings. The summed E-state index contributed by atoms with van der Waals surface area (Å²) in [6.45, 7) is 5.40. The Bertz CT molecular complexity index is 252. The Morgan fingerprint density at radius 3 is 2.53 bits per heavy atom. The second-order valence-electron chi connectivity index (χ2n) is 4.23. The number of hydrogen-bond acceptors (Lipinski definition) is 3. The first kappa shape index (κ1) is 14.2. The molecule has 0 spiro atoms. The summed E-state index contributed by atoms with van der Waals surface area (Å²) in [6.07, 6.45) is -4.79. The van der Waals surface area contributed by atoms with Crippen LogP contribution in [0.25, 0.3) is 0 Å². The highest BCUT2D eigenvalue weighted by atomic mass is 19.4. The lowest BCUT2D eigenvalue weighted by atomic mass is 10.1. The highest BCUT2D eigenvalue weighted by Crippen LogP contribution is 2.14. The Kier molecular flexibility index (Phi) is 5.20. The molecule has 17 heavy (non-hydrogen) atoms. The van der Waals surface area contributed by atoms with Crippen molar-refractivity contribution in [3.05, 3.63) is 0 Å². The molecule has 1 aliphatic rings. The van der Waals surface area contributed by atoms with E-state index in [4.69, 9.17) is 4.74 Å². The minimum absolute atomic E-state index is 0.0144. The zero-order chi connectivity index (χ0) is 12.9. The van der Waals surface area contributed by atoms with E-state index in [0.717, 1.165) is 13.1 Å². The predicted octanol–water partition coefficient (Wildman–Crippen LogP) is 0.633. The smallest absolute Gasteiger partial charge is 0.379 e. The average molecular weight is 254 g/mol. The van der Waals surface area contributed by atoms with Crippen molar-refractivity contribution in [1.82, 2.24) is 10.2 Å². The third-order valence-corrected chi connectivity index (χ3v) is 2.54. The molecule has 7 heteroatoms. The molecular formula is C10H17F3N2O2. The van der Waals surface area contributed by atoms with E-state index < -0.39 is 12.1 Å². The van der Waals surface area contributed by atoms with Gasteiger partial charge in [-0.15, -0.1) is 0 Å². The number of nitrogens with one attached hydrogen (secondary N) is 1. The highest BCUT2D eigenvalue weighted by Gasteiger charge is 2.38. The fraction of sp³-hybridized carbons (Fsp3) is 0.900. The summed E-state index contributed by atoms with van der Waals surface area (Å²) in [6, 6.07) is 0. The van der Waals surface area contributed by atoms with Crippen LogP contribution >= 0.6 is 0 Å². The van der Waals surface area contributed by atoms with E-state index in [9.17, 15) is 18.0 Å². The predicted molar refractivity (Wildman–Crippen MR) is 55.5 cm³/mol. The van der Waals surface area contributed by atoms with Crippen LogP contribution in [0.15, 0.2) is 0 Å². The number of alkyl halides is 3. The molecule has 1 rings (SSSR count). The minimum Gasteiger partial charge on any atom is -0.379 e. The quantitative estimate of drug-likeness (QED) is 0.800. The maximum absolute atomic E-state index is 11.9. The summed E-state index contributed by atoms with van der Waals surface area (Å²) in [5, 5.41) is 1.89. The SMILES string of the molecule is CC(CNC(=O)C(F)(F)F)CN1CCOCC1. The standard InChI is InChI=1S/C10H17F3N2O2/c1-8(6-14-9(16)10(11,12)13)7-15-2-4-17-5-3-15/h8H,2-7H2,1H3,(H,14,16). The van der Waals surface area contributed by atoms with Crippen LogP contribution in [0.1, 0.15) is 6.92 Å². The number of rotatable bonds is 4. The maximum atomic E-state index is 11.9. The topological polar surface area (TPSA) is 41.6 Å². The third-order valence-electron chi connectivity index (χ3n) is 2.54. The van der Waals surface area contributed by atoms with Crippen molar-refractivity contribution in [2.24, 2.45) is 5.92 Å². The van der Waals surface area contributed by atoms with Gasteiger partial charge in [0.15, 0.2) is 0 Å². The molecule has 1 saturated heterocycles. The number of hydrogen-bond donors (Lipinski definition) is 1. The third kappa shape index (κ3) is 5.36. The van der Waals surface area contributed by atoms with E-state index >= 15 is 0 Å². The van der Waals surface area contributed by atoms with Crippen LogP contribution in [0.4, 0.5) is 13.2 Å². The molecule has 1 aliphatic heterocycles. The van der Waals surface area contributed by atoms with Gasteiger partial charge in [0.05, 0.1) is 13.2 Å². The van der Waals surface area contributed by atoms with Crippen LogP contribution in [-0.4, -0.2) is 56.4 Å². The largest absolute Gasteiger partial charge is 0.471 e. The molecule has 1 heterocycles. The van der Waals surface area contributed by atoms with Crippen LogP contribution in [0.2, 0.25) is 0 Å². The summed E-state index contributed by atoms with van der Waals surface area (Å²) in [4.78, 5) is 12.7. The number of carbonyl (C=O) groups is 1. The van der Waals surface area contributed by atoms with Gasteiger partial charge in [0, 0.05) is 26.2 Å². The number of nitrogens with zero attached hydrogens (tertiary/aromatic N) is 1. The van der Waals surface area contributed by atoms with Gasteiger partial charge in [-0.1, -0.05) is 6.92 Å². The van der Waals surface area contributed by atoms with E-state index in [-0.39, 0.29) is 12.5 Å². The van der Waals surface area contributed by atoms with Crippen LogP contribution in [-0.2, 0) is 9.53 Å². The van der Waals surface area contributed by atoms with Gasteiger partial charge in [-0.2, -0.15) is 13.2 Å². The monoisotopic (exact) mass is 254 g/mol. The van der Waals surface area contributed by atoms with Crippen LogP contribution in [0.3, 0.4) is 0 Å². The summed E-state index contributed by atoms with van der Waals surface area (Å²) in [5.41, 5.74) is 0. The summed E-state index contributed by atoms with van der Waals surface area (Å²) in [7, 11) is 0. The van der Waals surface area contributed by atoms with E-state index in [1.165, 1.54) is 0 Å². The molecular weight excluding hydrogens is 237 g/mol. The molecule has 1 N–H and O–H groups in total. The first-order valence-electron chi connectivity index (χ1n) is 5.54. The first-order valence-corrected chi connectivity index (χ1v) is 5.54. The fourth-order valence-electron chi connectivity index (χ4n) is 1.66. The minimum atomic E-state index is -4.79. The molecule has 1 fully saturated rings. The Morgan fingerprint density at radius 2 is 2.00 bits per heavy atom. The van der Waals surface area contributed by atoms with Crippen molar-refractivity contribution in [3.8, 4) is 0 Å². The Balaban J connectivity index is 2.20. The van der Waals surface area contributed by atoms with Gasteiger partial charge >= 0.3 is 12.1 Å². The van der Waals surface area contributed by atoms with Crippen LogP contribution in [0.5, 0.6) is 0 Å². The van der Waals surface area contributed by atoms with Gasteiger partial charge in [-0.25, -0.2) is 0 Å². The van der Waals surface area contributed by atoms with Gasteiger partial charge in [-0.3, -0.25) is 9.69 Å². The lowest BCUT2D eigenvalue weighted by Crippen LogP contribution is -2.43. The van der Waals surface area contributed by atoms with Crippen molar-refractivity contribution in [1.29, 1.82) is 0 Å². The zero-order valence-electron chi connectivity index (χ0n) is 9.72. The van der Waals surface area contributed by atoms with Crippen molar-refractivity contribution >= 4 is 5.91 Å². The molecule has 1 unspecified atom stereocenters. The van der Waals surface area contributed by atoms with E-state index in [1.807, 2.05) is 12.2 Å². The number of halogens is 3. The van der Waals surface area contributed by atoms with Crippen molar-refractivity contribution in [2.75, 3.05) is 39.4 Å². The van der Waals surface area contributed by atoms with Crippen LogP contribution in [0, 0.1) is 5.92 Å². The first-order chi connectivity index (χ1) is 7.89. The highest BCUT2D eigenvalue weighted by molar-refractivity contribution is 5.81. The summed E-state index contributed by atoms with van der Waals surface area (Å²) >= 11 is 0. The molecule has 0 bridgehead atoms. The number of amides is 1. The Hall–Kier alpha value is -0.820. The Morgan fingerprint density at radius 1 is 1.41 bits per heavy atom. The van der Waals surface area contributed by atoms with Gasteiger partial charge in [-0.05, 0) is 5.92 Å². The average Bonchev–Trinajstić information content (AvgIpc) is 2.26. The van der Waals surface area contributed by atoms with E-state index in [1.54, 1.807) is 0 Å². The number of carbonyl (C=O) groups excluding carboxylic acids is 1. The molecule has 0 aromatic carbocycles. The second-order valence-corrected chi connectivity index (χ2v) is 4.23. The molecule has 0 aromatic heterocycles. The molecule has 0 radical (unpaired) electrons. The van der Waals surface area contributed by atoms with Gasteiger partial charge < -0.3 is 10.1 Å². The van der Waals surface area contributed by atoms with Gasteiger partial charge in [0.25, 0.3) is 0 Å². The molecule has 1 amide bonds. The van der Waals surface area contributed by atoms with Gasteiger partial charge in [0.1, 0.15) is 0 Å². The molecule has 0 aliphatic carbocycles. The second kappa shape index (κ2) is 6.20. The summed E-state index contributed by atoms with van der Waals surface area (Å²) < 4.78 is 40.9. The number of ether oxygens (including phenoxy) is 1. The van der Waals surface area contributed by atoms with E-state index in [2.05, 4.69) is 4.90 Å². The maximum Gasteiger partial charge on any atom is 0.471 e. The molecule has 100 valence electrons. The normalized spacial score (nSPS) is 20.0. The zero-order valence-corrected chi connectivity index (χ0v) is 9.72. The van der Waals surface area contributed by atoms with Crippen molar-refractivity contribution in [3.63, 3.8) is 0 Å². The molecule has 4 nitrogen and oxygen atoms in total. The lowest BCUT2D eigenvalue weighted by Gasteiger charge is -2.29. The van der Waals surface area contributed by atoms with Crippen molar-refractivity contribution < 1.29 is 22.7 Å². The van der Waals surface area contributed by atoms with Gasteiger partial charge in [0.2, 0.25) is 0 Å². The summed E-state index contributed by atoms with van der Waals surface area (Å²) in [5.74, 6) is -1.88. The number of morpholine rings is 1. The fourth-order valence-corrected chi connectivity index (χ4v) is 1.66. The van der Waals surface area contributed by atoms with E-state index in [0.29, 0.717) is 19.8 Å². The molecule has 0 saturated carbocycles.